The van der Waals surface area contributed by atoms with Gasteiger partial charge in [-0.15, -0.1) is 0 Å². The van der Waals surface area contributed by atoms with Gasteiger partial charge in [0.2, 0.25) is 0 Å². The lowest BCUT2D eigenvalue weighted by atomic mass is 10.0. The van der Waals surface area contributed by atoms with E-state index < -0.39 is 24.5 Å². The zero-order valence-electron chi connectivity index (χ0n) is 16.1. The second-order valence-corrected chi connectivity index (χ2v) is 7.87. The van der Waals surface area contributed by atoms with Gasteiger partial charge in [-0.25, -0.2) is 4.79 Å². The largest absolute Gasteiger partial charge is 0.454 e. The molecule has 6 nitrogen and oxygen atoms in total. The van der Waals surface area contributed by atoms with Crippen LogP contribution in [-0.2, 0) is 14.3 Å². The van der Waals surface area contributed by atoms with Gasteiger partial charge in [-0.05, 0) is 37.0 Å². The molecular weight excluding hydrogens is 391 g/mol. The summed E-state index contributed by atoms with van der Waals surface area (Å²) in [5, 5.41) is 5.93. The Kier molecular flexibility index (Phi) is 9.06. The lowest BCUT2D eigenvalue weighted by Crippen LogP contribution is -2.46. The highest BCUT2D eigenvalue weighted by Gasteiger charge is 2.27. The van der Waals surface area contributed by atoms with Gasteiger partial charge < -0.3 is 15.4 Å². The summed E-state index contributed by atoms with van der Waals surface area (Å²) >= 11 is 11.9. The van der Waals surface area contributed by atoms with Crippen LogP contribution in [0.4, 0.5) is 0 Å². The molecule has 0 aromatic heterocycles. The van der Waals surface area contributed by atoms with Crippen molar-refractivity contribution in [3.63, 3.8) is 0 Å². The Morgan fingerprint density at radius 3 is 2.15 bits per heavy atom. The molecule has 0 saturated carbocycles. The van der Waals surface area contributed by atoms with E-state index in [1.165, 1.54) is 18.2 Å². The van der Waals surface area contributed by atoms with Gasteiger partial charge in [-0.1, -0.05) is 50.9 Å². The fourth-order valence-electron chi connectivity index (χ4n) is 2.08. The van der Waals surface area contributed by atoms with Crippen molar-refractivity contribution in [2.24, 2.45) is 11.8 Å². The molecule has 0 radical (unpaired) electrons. The molecule has 0 unspecified atom stereocenters. The van der Waals surface area contributed by atoms with Crippen LogP contribution in [0.15, 0.2) is 18.2 Å². The summed E-state index contributed by atoms with van der Waals surface area (Å²) in [5.74, 6) is -1.58. The van der Waals surface area contributed by atoms with E-state index in [9.17, 15) is 14.4 Å². The summed E-state index contributed by atoms with van der Waals surface area (Å²) in [6, 6.07) is 3.50. The van der Waals surface area contributed by atoms with Gasteiger partial charge in [0.15, 0.2) is 6.61 Å². The Hall–Kier alpha value is -1.79. The Balaban J connectivity index is 2.70. The molecule has 150 valence electrons. The third-order valence-electron chi connectivity index (χ3n) is 4.12. The number of benzene rings is 1. The monoisotopic (exact) mass is 416 g/mol. The number of amides is 2. The molecule has 1 aromatic carbocycles. The fraction of sp³-hybridized carbons (Fsp3) is 0.526. The third kappa shape index (κ3) is 7.39. The molecule has 1 rings (SSSR count). The highest BCUT2D eigenvalue weighted by atomic mass is 35.5. The number of nitrogens with one attached hydrogen (secondary N) is 2. The minimum atomic E-state index is -0.917. The summed E-state index contributed by atoms with van der Waals surface area (Å²) in [6.07, 6.45) is 0. The molecule has 27 heavy (non-hydrogen) atoms. The molecule has 0 saturated heterocycles. The summed E-state index contributed by atoms with van der Waals surface area (Å²) in [4.78, 5) is 36.6. The van der Waals surface area contributed by atoms with E-state index in [0.29, 0.717) is 5.02 Å². The maximum Gasteiger partial charge on any atom is 0.329 e. The van der Waals surface area contributed by atoms with Crippen molar-refractivity contribution in [1.29, 1.82) is 0 Å². The lowest BCUT2D eigenvalue weighted by molar-refractivity contribution is -0.151. The molecule has 1 aromatic rings. The first kappa shape index (κ1) is 23.2. The van der Waals surface area contributed by atoms with Crippen molar-refractivity contribution in [2.75, 3.05) is 6.61 Å². The molecule has 2 amide bonds. The van der Waals surface area contributed by atoms with Crippen molar-refractivity contribution in [3.05, 3.63) is 33.8 Å². The second kappa shape index (κ2) is 10.5. The predicted octanol–water partition coefficient (Wildman–Crippen LogP) is 3.45. The van der Waals surface area contributed by atoms with E-state index in [2.05, 4.69) is 10.6 Å². The van der Waals surface area contributed by atoms with Crippen LogP contribution in [0.2, 0.25) is 10.0 Å². The quantitative estimate of drug-likeness (QED) is 0.635. The Bertz CT molecular complexity index is 692. The van der Waals surface area contributed by atoms with Crippen molar-refractivity contribution in [3.8, 4) is 0 Å². The van der Waals surface area contributed by atoms with Crippen LogP contribution in [0.5, 0.6) is 0 Å². The van der Waals surface area contributed by atoms with Crippen LogP contribution in [0.3, 0.4) is 0 Å². The minimum absolute atomic E-state index is 0.0381. The number of hydrogen-bond donors (Lipinski definition) is 2. The maximum absolute atomic E-state index is 12.4. The molecule has 8 heteroatoms. The SMILES string of the molecule is CC(C)[C@H](NC(=O)c1ccc(Cl)cc1Cl)C(=O)OCC(=O)N[C@H](C)C(C)C. The molecule has 2 atom stereocenters. The van der Waals surface area contributed by atoms with E-state index in [4.69, 9.17) is 27.9 Å². The van der Waals surface area contributed by atoms with E-state index in [0.717, 1.165) is 0 Å². The Morgan fingerprint density at radius 1 is 1.00 bits per heavy atom. The molecule has 2 N–H and O–H groups in total. The standard InChI is InChI=1S/C19H26Cl2N2O4/c1-10(2)12(5)22-16(24)9-27-19(26)17(11(3)4)23-18(25)14-7-6-13(20)8-15(14)21/h6-8,10-12,17H,9H2,1-5H3,(H,22,24)(H,23,25)/t12-,17+/m1/s1. The number of esters is 1. The summed E-state index contributed by atoms with van der Waals surface area (Å²) < 4.78 is 5.07. The Morgan fingerprint density at radius 2 is 1.63 bits per heavy atom. The van der Waals surface area contributed by atoms with Crippen molar-refractivity contribution < 1.29 is 19.1 Å². The van der Waals surface area contributed by atoms with Gasteiger partial charge in [0, 0.05) is 11.1 Å². The fourth-order valence-corrected chi connectivity index (χ4v) is 2.57. The number of halogens is 2. The van der Waals surface area contributed by atoms with Gasteiger partial charge in [0.1, 0.15) is 6.04 Å². The highest BCUT2D eigenvalue weighted by molar-refractivity contribution is 6.36. The average molecular weight is 417 g/mol. The molecule has 0 aliphatic rings. The van der Waals surface area contributed by atoms with Gasteiger partial charge in [0.05, 0.1) is 10.6 Å². The van der Waals surface area contributed by atoms with E-state index in [1.54, 1.807) is 13.8 Å². The van der Waals surface area contributed by atoms with Crippen LogP contribution in [0, 0.1) is 11.8 Å². The lowest BCUT2D eigenvalue weighted by Gasteiger charge is -2.22. The molecule has 0 heterocycles. The summed E-state index contributed by atoms with van der Waals surface area (Å²) in [5.41, 5.74) is 0.197. The molecule has 0 bridgehead atoms. The zero-order valence-corrected chi connectivity index (χ0v) is 17.6. The third-order valence-corrected chi connectivity index (χ3v) is 4.66. The predicted molar refractivity (Wildman–Crippen MR) is 106 cm³/mol. The highest BCUT2D eigenvalue weighted by Crippen LogP contribution is 2.21. The number of carbonyl (C=O) groups excluding carboxylic acids is 3. The smallest absolute Gasteiger partial charge is 0.329 e. The van der Waals surface area contributed by atoms with Crippen LogP contribution in [0.25, 0.3) is 0 Å². The normalized spacial score (nSPS) is 13.2. The topological polar surface area (TPSA) is 84.5 Å². The first-order valence-corrected chi connectivity index (χ1v) is 9.50. The average Bonchev–Trinajstić information content (AvgIpc) is 2.56. The van der Waals surface area contributed by atoms with Crippen LogP contribution >= 0.6 is 23.2 Å². The summed E-state index contributed by atoms with van der Waals surface area (Å²) in [6.45, 7) is 8.94. The molecule has 0 spiro atoms. The molecular formula is C19H26Cl2N2O4. The van der Waals surface area contributed by atoms with Crippen LogP contribution in [-0.4, -0.2) is 36.5 Å². The van der Waals surface area contributed by atoms with Gasteiger partial charge >= 0.3 is 5.97 Å². The van der Waals surface area contributed by atoms with E-state index in [-0.39, 0.29) is 34.4 Å². The van der Waals surface area contributed by atoms with Gasteiger partial charge in [-0.2, -0.15) is 0 Å². The maximum atomic E-state index is 12.4. The number of carbonyl (C=O) groups is 3. The van der Waals surface area contributed by atoms with Crippen molar-refractivity contribution in [2.45, 2.75) is 46.7 Å². The van der Waals surface area contributed by atoms with Crippen molar-refractivity contribution >= 4 is 41.0 Å². The number of rotatable bonds is 8. The van der Waals surface area contributed by atoms with Crippen molar-refractivity contribution in [1.82, 2.24) is 10.6 Å². The van der Waals surface area contributed by atoms with Crippen LogP contribution in [0.1, 0.15) is 45.0 Å². The first-order valence-electron chi connectivity index (χ1n) is 8.74. The van der Waals surface area contributed by atoms with E-state index in [1.807, 2.05) is 20.8 Å². The first-order chi connectivity index (χ1) is 12.5. The summed E-state index contributed by atoms with van der Waals surface area (Å²) in [7, 11) is 0. The van der Waals surface area contributed by atoms with Gasteiger partial charge in [0.25, 0.3) is 11.8 Å². The number of hydrogen-bond acceptors (Lipinski definition) is 4. The molecule has 0 fully saturated rings. The van der Waals surface area contributed by atoms with Gasteiger partial charge in [-0.3, -0.25) is 9.59 Å². The van der Waals surface area contributed by atoms with E-state index >= 15 is 0 Å². The molecule has 0 aliphatic carbocycles. The number of ether oxygens (including phenoxy) is 1. The molecule has 0 aliphatic heterocycles. The van der Waals surface area contributed by atoms with Crippen LogP contribution < -0.4 is 10.6 Å². The second-order valence-electron chi connectivity index (χ2n) is 7.03. The zero-order chi connectivity index (χ0) is 20.7. The minimum Gasteiger partial charge on any atom is -0.454 e. The Labute approximate surface area is 169 Å².